The Hall–Kier alpha value is -2.90. The monoisotopic (exact) mass is 296 g/mol. The van der Waals surface area contributed by atoms with Gasteiger partial charge in [0.15, 0.2) is 0 Å². The number of carbonyl (C=O) groups is 1. The number of halogens is 3. The van der Waals surface area contributed by atoms with Crippen LogP contribution in [0.2, 0.25) is 0 Å². The molecule has 0 saturated carbocycles. The number of benzene rings is 2. The maximum atomic E-state index is 13.8. The van der Waals surface area contributed by atoms with Crippen LogP contribution in [0.5, 0.6) is 0 Å². The summed E-state index contributed by atoms with van der Waals surface area (Å²) in [7, 11) is 0. The SMILES string of the molecule is O=C(Nc1cccc(F)c1)c1c(F)ccc([N+](=O)[O-])c1F. The lowest BCUT2D eigenvalue weighted by Gasteiger charge is -2.07. The van der Waals surface area contributed by atoms with E-state index in [1.807, 2.05) is 0 Å². The molecule has 0 saturated heterocycles. The van der Waals surface area contributed by atoms with Crippen molar-refractivity contribution in [2.75, 3.05) is 5.32 Å². The molecule has 1 N–H and O–H groups in total. The number of nitro benzene ring substituents is 1. The lowest BCUT2D eigenvalue weighted by atomic mass is 10.1. The van der Waals surface area contributed by atoms with Gasteiger partial charge in [0.25, 0.3) is 5.91 Å². The van der Waals surface area contributed by atoms with E-state index in [1.54, 1.807) is 0 Å². The van der Waals surface area contributed by atoms with Crippen LogP contribution in [0.1, 0.15) is 10.4 Å². The van der Waals surface area contributed by atoms with E-state index in [0.29, 0.717) is 12.1 Å². The van der Waals surface area contributed by atoms with Crippen molar-refractivity contribution in [3.8, 4) is 0 Å². The summed E-state index contributed by atoms with van der Waals surface area (Å²) in [6.07, 6.45) is 0. The first kappa shape index (κ1) is 14.5. The Bertz CT molecular complexity index is 735. The van der Waals surface area contributed by atoms with Crippen molar-refractivity contribution < 1.29 is 22.9 Å². The molecular formula is C13H7F3N2O3. The van der Waals surface area contributed by atoms with Crippen LogP contribution < -0.4 is 5.32 Å². The Morgan fingerprint density at radius 1 is 1.14 bits per heavy atom. The van der Waals surface area contributed by atoms with Crippen LogP contribution in [-0.2, 0) is 0 Å². The van der Waals surface area contributed by atoms with Crippen molar-refractivity contribution in [1.82, 2.24) is 0 Å². The zero-order chi connectivity index (χ0) is 15.6. The van der Waals surface area contributed by atoms with E-state index in [2.05, 4.69) is 5.32 Å². The molecule has 0 heterocycles. The number of anilines is 1. The van der Waals surface area contributed by atoms with Crippen LogP contribution in [0.25, 0.3) is 0 Å². The van der Waals surface area contributed by atoms with Crippen LogP contribution in [-0.4, -0.2) is 10.8 Å². The van der Waals surface area contributed by atoms with Gasteiger partial charge in [-0.3, -0.25) is 14.9 Å². The Labute approximate surface area is 116 Å². The van der Waals surface area contributed by atoms with E-state index in [4.69, 9.17) is 0 Å². The number of rotatable bonds is 3. The summed E-state index contributed by atoms with van der Waals surface area (Å²) in [5, 5.41) is 12.6. The highest BCUT2D eigenvalue weighted by molar-refractivity contribution is 6.05. The third-order valence-corrected chi connectivity index (χ3v) is 2.58. The molecule has 0 aliphatic carbocycles. The summed E-state index contributed by atoms with van der Waals surface area (Å²) in [6, 6.07) is 5.86. The molecule has 0 spiro atoms. The third kappa shape index (κ3) is 2.99. The highest BCUT2D eigenvalue weighted by atomic mass is 19.1. The topological polar surface area (TPSA) is 72.2 Å². The lowest BCUT2D eigenvalue weighted by molar-refractivity contribution is -0.387. The first-order chi connectivity index (χ1) is 9.90. The normalized spacial score (nSPS) is 10.2. The van der Waals surface area contributed by atoms with Crippen LogP contribution in [0, 0.1) is 27.6 Å². The van der Waals surface area contributed by atoms with E-state index in [9.17, 15) is 28.1 Å². The summed E-state index contributed by atoms with van der Waals surface area (Å²) in [6.45, 7) is 0. The average Bonchev–Trinajstić information content (AvgIpc) is 2.38. The van der Waals surface area contributed by atoms with Gasteiger partial charge in [-0.05, 0) is 24.3 Å². The van der Waals surface area contributed by atoms with Gasteiger partial charge in [0.1, 0.15) is 17.2 Å². The average molecular weight is 296 g/mol. The van der Waals surface area contributed by atoms with E-state index in [0.717, 1.165) is 12.1 Å². The van der Waals surface area contributed by atoms with Gasteiger partial charge in [0, 0.05) is 11.8 Å². The molecule has 8 heteroatoms. The zero-order valence-electron chi connectivity index (χ0n) is 10.3. The number of hydrogen-bond donors (Lipinski definition) is 1. The van der Waals surface area contributed by atoms with Crippen LogP contribution in [0.3, 0.4) is 0 Å². The second kappa shape index (κ2) is 5.61. The van der Waals surface area contributed by atoms with Crippen molar-refractivity contribution in [3.63, 3.8) is 0 Å². The molecule has 0 radical (unpaired) electrons. The van der Waals surface area contributed by atoms with E-state index < -0.39 is 39.5 Å². The number of amides is 1. The molecule has 1 amide bonds. The number of carbonyl (C=O) groups excluding carboxylic acids is 1. The predicted octanol–water partition coefficient (Wildman–Crippen LogP) is 3.26. The first-order valence-electron chi connectivity index (χ1n) is 5.59. The van der Waals surface area contributed by atoms with Gasteiger partial charge < -0.3 is 5.32 Å². The van der Waals surface area contributed by atoms with Gasteiger partial charge in [-0.2, -0.15) is 4.39 Å². The molecule has 0 unspecified atom stereocenters. The summed E-state index contributed by atoms with van der Waals surface area (Å²) in [4.78, 5) is 21.3. The highest BCUT2D eigenvalue weighted by Crippen LogP contribution is 2.24. The van der Waals surface area contributed by atoms with E-state index in [-0.39, 0.29) is 5.69 Å². The smallest absolute Gasteiger partial charge is 0.305 e. The summed E-state index contributed by atoms with van der Waals surface area (Å²) >= 11 is 0. The van der Waals surface area contributed by atoms with Crippen molar-refractivity contribution in [1.29, 1.82) is 0 Å². The number of hydrogen-bond acceptors (Lipinski definition) is 3. The minimum absolute atomic E-state index is 0.0368. The highest BCUT2D eigenvalue weighted by Gasteiger charge is 2.26. The van der Waals surface area contributed by atoms with Crippen molar-refractivity contribution in [3.05, 3.63) is 69.5 Å². The molecule has 0 atom stereocenters. The standard InChI is InChI=1S/C13H7F3N2O3/c14-7-2-1-3-8(6-7)17-13(19)11-9(15)4-5-10(12(11)16)18(20)21/h1-6H,(H,17,19). The molecule has 108 valence electrons. The maximum absolute atomic E-state index is 13.8. The minimum Gasteiger partial charge on any atom is -0.322 e. The Balaban J connectivity index is 2.39. The van der Waals surface area contributed by atoms with Crippen LogP contribution >= 0.6 is 0 Å². The molecule has 5 nitrogen and oxygen atoms in total. The quantitative estimate of drug-likeness (QED) is 0.698. The molecule has 0 fully saturated rings. The first-order valence-corrected chi connectivity index (χ1v) is 5.59. The Morgan fingerprint density at radius 3 is 2.48 bits per heavy atom. The lowest BCUT2D eigenvalue weighted by Crippen LogP contribution is -2.16. The Kier molecular flexibility index (Phi) is 3.88. The number of nitrogens with zero attached hydrogens (tertiary/aromatic N) is 1. The molecule has 0 aromatic heterocycles. The van der Waals surface area contributed by atoms with Gasteiger partial charge in [0.05, 0.1) is 4.92 Å². The maximum Gasteiger partial charge on any atom is 0.305 e. The molecular weight excluding hydrogens is 289 g/mol. The fraction of sp³-hybridized carbons (Fsp3) is 0. The Morgan fingerprint density at radius 2 is 1.86 bits per heavy atom. The molecule has 0 aliphatic rings. The second-order valence-corrected chi connectivity index (χ2v) is 3.98. The summed E-state index contributed by atoms with van der Waals surface area (Å²) in [5.41, 5.74) is -2.17. The van der Waals surface area contributed by atoms with Crippen molar-refractivity contribution in [2.45, 2.75) is 0 Å². The summed E-state index contributed by atoms with van der Waals surface area (Å²) < 4.78 is 40.3. The van der Waals surface area contributed by atoms with Gasteiger partial charge in [-0.1, -0.05) is 6.07 Å². The largest absolute Gasteiger partial charge is 0.322 e. The second-order valence-electron chi connectivity index (χ2n) is 3.98. The summed E-state index contributed by atoms with van der Waals surface area (Å²) in [5.74, 6) is -4.76. The molecule has 2 aromatic rings. The van der Waals surface area contributed by atoms with Crippen LogP contribution in [0.15, 0.2) is 36.4 Å². The fourth-order valence-electron chi connectivity index (χ4n) is 1.65. The van der Waals surface area contributed by atoms with E-state index >= 15 is 0 Å². The molecule has 2 rings (SSSR count). The van der Waals surface area contributed by atoms with Gasteiger partial charge in [-0.15, -0.1) is 0 Å². The molecule has 0 aliphatic heterocycles. The number of nitrogens with one attached hydrogen (secondary N) is 1. The zero-order valence-corrected chi connectivity index (χ0v) is 10.3. The van der Waals surface area contributed by atoms with Crippen molar-refractivity contribution >= 4 is 17.3 Å². The molecule has 2 aromatic carbocycles. The van der Waals surface area contributed by atoms with Gasteiger partial charge in [0.2, 0.25) is 5.82 Å². The predicted molar refractivity (Wildman–Crippen MR) is 67.4 cm³/mol. The van der Waals surface area contributed by atoms with Gasteiger partial charge >= 0.3 is 5.69 Å². The van der Waals surface area contributed by atoms with Crippen LogP contribution in [0.4, 0.5) is 24.5 Å². The van der Waals surface area contributed by atoms with Crippen molar-refractivity contribution in [2.24, 2.45) is 0 Å². The fourth-order valence-corrected chi connectivity index (χ4v) is 1.65. The van der Waals surface area contributed by atoms with Gasteiger partial charge in [-0.25, -0.2) is 8.78 Å². The third-order valence-electron chi connectivity index (χ3n) is 2.58. The molecule has 21 heavy (non-hydrogen) atoms. The minimum atomic E-state index is -1.59. The van der Waals surface area contributed by atoms with E-state index in [1.165, 1.54) is 12.1 Å². The molecule has 0 bridgehead atoms. The number of nitro groups is 1.